The Bertz CT molecular complexity index is 742. The second-order valence-electron chi connectivity index (χ2n) is 5.05. The van der Waals surface area contributed by atoms with Crippen molar-refractivity contribution in [1.29, 1.82) is 0 Å². The van der Waals surface area contributed by atoms with Gasteiger partial charge in [0.25, 0.3) is 0 Å². The summed E-state index contributed by atoms with van der Waals surface area (Å²) in [4.78, 5) is 12.0. The molecule has 2 N–H and O–H groups in total. The van der Waals surface area contributed by atoms with Crippen LogP contribution in [0.3, 0.4) is 0 Å². The lowest BCUT2D eigenvalue weighted by molar-refractivity contribution is -0.121. The minimum Gasteiger partial charge on any atom is -0.467 e. The molecule has 0 radical (unpaired) electrons. The highest BCUT2D eigenvalue weighted by Gasteiger charge is 2.20. The summed E-state index contributed by atoms with van der Waals surface area (Å²) in [6, 6.07) is 7.96. The molecule has 1 aromatic heterocycles. The van der Waals surface area contributed by atoms with Crippen LogP contribution in [0.5, 0.6) is 0 Å². The van der Waals surface area contributed by atoms with Gasteiger partial charge >= 0.3 is 0 Å². The summed E-state index contributed by atoms with van der Waals surface area (Å²) >= 11 is 0. The fourth-order valence-corrected chi connectivity index (χ4v) is 2.77. The first-order valence-electron chi connectivity index (χ1n) is 6.85. The number of sulfonamides is 1. The Labute approximate surface area is 133 Å². The lowest BCUT2D eigenvalue weighted by Crippen LogP contribution is -2.33. The van der Waals surface area contributed by atoms with E-state index in [2.05, 4.69) is 10.0 Å². The predicted octanol–water partition coefficient (Wildman–Crippen LogP) is 1.72. The first-order chi connectivity index (χ1) is 10.8. The number of carbonyl (C=O) groups is 1. The lowest BCUT2D eigenvalue weighted by Gasteiger charge is -2.17. The van der Waals surface area contributed by atoms with Gasteiger partial charge in [-0.2, -0.15) is 0 Å². The fourth-order valence-electron chi connectivity index (χ4n) is 2.04. The number of benzene rings is 1. The minimum atomic E-state index is -3.53. The molecule has 8 heteroatoms. The number of hydrogen-bond acceptors (Lipinski definition) is 4. The molecule has 2 rings (SSSR count). The molecule has 0 saturated heterocycles. The van der Waals surface area contributed by atoms with E-state index in [-0.39, 0.29) is 18.9 Å². The number of amides is 1. The zero-order chi connectivity index (χ0) is 16.9. The topological polar surface area (TPSA) is 88.4 Å². The van der Waals surface area contributed by atoms with Crippen LogP contribution in [0.4, 0.5) is 4.39 Å². The molecule has 1 atom stereocenters. The van der Waals surface area contributed by atoms with Crippen molar-refractivity contribution in [3.8, 4) is 0 Å². The molecule has 23 heavy (non-hydrogen) atoms. The van der Waals surface area contributed by atoms with Gasteiger partial charge < -0.3 is 9.73 Å². The van der Waals surface area contributed by atoms with Gasteiger partial charge in [0.2, 0.25) is 15.9 Å². The first-order valence-corrected chi connectivity index (χ1v) is 8.74. The van der Waals surface area contributed by atoms with E-state index in [9.17, 15) is 17.6 Å². The Balaban J connectivity index is 2.04. The van der Waals surface area contributed by atoms with Crippen LogP contribution in [0.25, 0.3) is 0 Å². The largest absolute Gasteiger partial charge is 0.467 e. The fraction of sp³-hybridized carbons (Fsp3) is 0.267. The summed E-state index contributed by atoms with van der Waals surface area (Å²) in [5, 5.41) is 2.64. The highest BCUT2D eigenvalue weighted by Crippen LogP contribution is 2.18. The predicted molar refractivity (Wildman–Crippen MR) is 82.3 cm³/mol. The lowest BCUT2D eigenvalue weighted by atomic mass is 10.0. The molecular formula is C15H17FN2O4S. The van der Waals surface area contributed by atoms with Crippen molar-refractivity contribution in [2.75, 3.05) is 6.26 Å². The van der Waals surface area contributed by atoms with Crippen LogP contribution in [0.15, 0.2) is 47.1 Å². The highest BCUT2D eigenvalue weighted by molar-refractivity contribution is 7.88. The molecule has 1 amide bonds. The van der Waals surface area contributed by atoms with Crippen LogP contribution in [0, 0.1) is 5.82 Å². The van der Waals surface area contributed by atoms with Gasteiger partial charge in [-0.25, -0.2) is 17.5 Å². The van der Waals surface area contributed by atoms with Gasteiger partial charge in [-0.1, -0.05) is 12.1 Å². The second kappa shape index (κ2) is 7.38. The molecule has 1 unspecified atom stereocenters. The molecule has 0 spiro atoms. The van der Waals surface area contributed by atoms with Crippen LogP contribution in [-0.4, -0.2) is 20.6 Å². The second-order valence-corrected chi connectivity index (χ2v) is 6.83. The van der Waals surface area contributed by atoms with Gasteiger partial charge in [-0.05, 0) is 29.8 Å². The van der Waals surface area contributed by atoms with E-state index in [1.54, 1.807) is 12.1 Å². The summed E-state index contributed by atoms with van der Waals surface area (Å²) in [7, 11) is -3.53. The van der Waals surface area contributed by atoms with Gasteiger partial charge in [0.05, 0.1) is 25.1 Å². The van der Waals surface area contributed by atoms with Gasteiger partial charge in [0, 0.05) is 6.42 Å². The quantitative estimate of drug-likeness (QED) is 0.803. The number of furan rings is 1. The van der Waals surface area contributed by atoms with E-state index < -0.39 is 21.9 Å². The summed E-state index contributed by atoms with van der Waals surface area (Å²) < 4.78 is 43.4. The summed E-state index contributed by atoms with van der Waals surface area (Å²) in [5.41, 5.74) is 0.505. The molecule has 0 aliphatic rings. The Hall–Kier alpha value is -2.19. The number of carbonyl (C=O) groups excluding carboxylic acids is 1. The van der Waals surface area contributed by atoms with E-state index in [1.165, 1.54) is 30.5 Å². The smallest absolute Gasteiger partial charge is 0.222 e. The molecule has 2 aromatic rings. The third-order valence-electron chi connectivity index (χ3n) is 3.06. The molecule has 0 aliphatic carbocycles. The Morgan fingerprint density at radius 3 is 2.52 bits per heavy atom. The number of rotatable bonds is 7. The van der Waals surface area contributed by atoms with Crippen LogP contribution in [0.2, 0.25) is 0 Å². The third-order valence-corrected chi connectivity index (χ3v) is 3.77. The maximum atomic E-state index is 13.0. The highest BCUT2D eigenvalue weighted by atomic mass is 32.2. The van der Waals surface area contributed by atoms with Crippen molar-refractivity contribution < 1.29 is 22.0 Å². The SMILES string of the molecule is CS(=O)(=O)NC(CC(=O)NCc1ccco1)c1ccc(F)cc1. The maximum absolute atomic E-state index is 13.0. The standard InChI is InChI=1S/C15H17FN2O4S/c1-23(20,21)18-14(11-4-6-12(16)7-5-11)9-15(19)17-10-13-3-2-8-22-13/h2-8,14,18H,9-10H2,1H3,(H,17,19). The van der Waals surface area contributed by atoms with Gasteiger partial charge in [0.1, 0.15) is 11.6 Å². The Morgan fingerprint density at radius 1 is 1.26 bits per heavy atom. The van der Waals surface area contributed by atoms with Gasteiger partial charge in [0.15, 0.2) is 0 Å². The average Bonchev–Trinajstić information content (AvgIpc) is 2.97. The summed E-state index contributed by atoms with van der Waals surface area (Å²) in [5.74, 6) is -0.200. The van der Waals surface area contributed by atoms with E-state index >= 15 is 0 Å². The van der Waals surface area contributed by atoms with Gasteiger partial charge in [-0.3, -0.25) is 4.79 Å². The van der Waals surface area contributed by atoms with Crippen LogP contribution in [0.1, 0.15) is 23.8 Å². The van der Waals surface area contributed by atoms with E-state index in [0.29, 0.717) is 11.3 Å². The van der Waals surface area contributed by atoms with Crippen molar-refractivity contribution >= 4 is 15.9 Å². The zero-order valence-electron chi connectivity index (χ0n) is 12.5. The Morgan fingerprint density at radius 2 is 1.96 bits per heavy atom. The van der Waals surface area contributed by atoms with Crippen LogP contribution < -0.4 is 10.0 Å². The van der Waals surface area contributed by atoms with Crippen molar-refractivity contribution in [3.05, 3.63) is 59.8 Å². The maximum Gasteiger partial charge on any atom is 0.222 e. The first kappa shape index (κ1) is 17.2. The molecule has 0 fully saturated rings. The van der Waals surface area contributed by atoms with Gasteiger partial charge in [-0.15, -0.1) is 0 Å². The molecule has 124 valence electrons. The monoisotopic (exact) mass is 340 g/mol. The minimum absolute atomic E-state index is 0.112. The van der Waals surface area contributed by atoms with Crippen molar-refractivity contribution in [3.63, 3.8) is 0 Å². The normalized spacial score (nSPS) is 12.8. The molecule has 6 nitrogen and oxygen atoms in total. The van der Waals surface area contributed by atoms with E-state index in [4.69, 9.17) is 4.42 Å². The molecular weight excluding hydrogens is 323 g/mol. The zero-order valence-corrected chi connectivity index (χ0v) is 13.3. The van der Waals surface area contributed by atoms with Crippen molar-refractivity contribution in [1.82, 2.24) is 10.0 Å². The molecule has 1 heterocycles. The van der Waals surface area contributed by atoms with Crippen molar-refractivity contribution in [2.45, 2.75) is 19.0 Å². The molecule has 0 aliphatic heterocycles. The number of hydrogen-bond donors (Lipinski definition) is 2. The molecule has 0 saturated carbocycles. The van der Waals surface area contributed by atoms with E-state index in [0.717, 1.165) is 6.26 Å². The average molecular weight is 340 g/mol. The van der Waals surface area contributed by atoms with Crippen molar-refractivity contribution in [2.24, 2.45) is 0 Å². The Kier molecular flexibility index (Phi) is 5.51. The van der Waals surface area contributed by atoms with Crippen LogP contribution >= 0.6 is 0 Å². The molecule has 1 aromatic carbocycles. The number of halogens is 1. The van der Waals surface area contributed by atoms with E-state index in [1.807, 2.05) is 0 Å². The van der Waals surface area contributed by atoms with Crippen LogP contribution in [-0.2, 0) is 21.4 Å². The summed E-state index contributed by atoms with van der Waals surface area (Å²) in [6.45, 7) is 0.209. The third kappa shape index (κ3) is 5.84. The number of nitrogens with one attached hydrogen (secondary N) is 2. The molecule has 0 bridgehead atoms. The summed E-state index contributed by atoms with van der Waals surface area (Å²) in [6.07, 6.45) is 2.39.